The third kappa shape index (κ3) is 6.37. The fraction of sp³-hybridized carbons (Fsp3) is 0.286. The molecule has 0 fully saturated rings. The fourth-order valence-electron chi connectivity index (χ4n) is 1.30. The van der Waals surface area contributed by atoms with E-state index in [4.69, 9.17) is 0 Å². The van der Waals surface area contributed by atoms with Gasteiger partial charge in [-0.25, -0.2) is 24.3 Å². The van der Waals surface area contributed by atoms with Crippen molar-refractivity contribution >= 4 is 45.5 Å². The molecule has 0 amide bonds. The van der Waals surface area contributed by atoms with Crippen molar-refractivity contribution in [1.82, 2.24) is 0 Å². The van der Waals surface area contributed by atoms with E-state index in [2.05, 4.69) is 62.4 Å². The minimum atomic E-state index is 0. The first-order valence-electron chi connectivity index (χ1n) is 5.28. The fourth-order valence-corrected chi connectivity index (χ4v) is 1.30. The van der Waals surface area contributed by atoms with E-state index in [-0.39, 0.29) is 45.5 Å². The Bertz CT molecular complexity index is 269. The molecule has 2 rings (SSSR count). The van der Waals surface area contributed by atoms with Crippen LogP contribution in [0.2, 0.25) is 0 Å². The molecule has 0 radical (unpaired) electrons. The summed E-state index contributed by atoms with van der Waals surface area (Å²) in [4.78, 5) is 0. The average molecular weight is 274 g/mol. The standard InChI is InChI=1S/2C7H9.Sr/c2*1-2-7-5-3-4-6-7;/h2*3-6H,2H2,1H3;/q2*-1;+2. The third-order valence-electron chi connectivity index (χ3n) is 2.28. The largest absolute Gasteiger partial charge is 2.00 e. The topological polar surface area (TPSA) is 0 Å². The molecule has 2 aromatic rings. The molecule has 76 valence electrons. The smallest absolute Gasteiger partial charge is 0.213 e. The van der Waals surface area contributed by atoms with Gasteiger partial charge in [-0.3, -0.25) is 0 Å². The van der Waals surface area contributed by atoms with Crippen LogP contribution in [0, 0.1) is 0 Å². The van der Waals surface area contributed by atoms with Crippen LogP contribution in [0.25, 0.3) is 0 Å². The summed E-state index contributed by atoms with van der Waals surface area (Å²) in [6, 6.07) is 16.8. The zero-order chi connectivity index (χ0) is 10.2. The van der Waals surface area contributed by atoms with Crippen molar-refractivity contribution in [1.29, 1.82) is 0 Å². The predicted octanol–water partition coefficient (Wildman–Crippen LogP) is 3.56. The molecular formula is C14H18Sr. The quantitative estimate of drug-likeness (QED) is 0.580. The summed E-state index contributed by atoms with van der Waals surface area (Å²) >= 11 is 0. The van der Waals surface area contributed by atoms with Crippen LogP contribution in [0.15, 0.2) is 48.5 Å². The van der Waals surface area contributed by atoms with Crippen LogP contribution in [-0.4, -0.2) is 45.5 Å². The molecule has 0 N–H and O–H groups in total. The van der Waals surface area contributed by atoms with Crippen molar-refractivity contribution in [2.75, 3.05) is 0 Å². The molecule has 0 aliphatic heterocycles. The summed E-state index contributed by atoms with van der Waals surface area (Å²) < 4.78 is 0. The van der Waals surface area contributed by atoms with Crippen LogP contribution in [0.5, 0.6) is 0 Å². The van der Waals surface area contributed by atoms with Crippen LogP contribution in [0.1, 0.15) is 25.0 Å². The number of hydrogen-bond acceptors (Lipinski definition) is 0. The Morgan fingerprint density at radius 1 is 0.667 bits per heavy atom. The van der Waals surface area contributed by atoms with Gasteiger partial charge in [0.2, 0.25) is 0 Å². The zero-order valence-corrected chi connectivity index (χ0v) is 13.2. The Morgan fingerprint density at radius 3 is 1.07 bits per heavy atom. The van der Waals surface area contributed by atoms with E-state index in [0.717, 1.165) is 12.8 Å². The summed E-state index contributed by atoms with van der Waals surface area (Å²) in [6.07, 6.45) is 2.32. The second kappa shape index (κ2) is 9.41. The van der Waals surface area contributed by atoms with Gasteiger partial charge in [0.05, 0.1) is 0 Å². The van der Waals surface area contributed by atoms with Gasteiger partial charge in [-0.2, -0.15) is 35.4 Å². The van der Waals surface area contributed by atoms with Gasteiger partial charge in [0.1, 0.15) is 0 Å². The molecule has 0 nitrogen and oxygen atoms in total. The minimum absolute atomic E-state index is 0. The zero-order valence-electron chi connectivity index (χ0n) is 9.74. The van der Waals surface area contributed by atoms with E-state index in [1.54, 1.807) is 0 Å². The van der Waals surface area contributed by atoms with Gasteiger partial charge in [-0.05, 0) is 0 Å². The molecule has 0 saturated heterocycles. The van der Waals surface area contributed by atoms with Crippen molar-refractivity contribution in [2.24, 2.45) is 0 Å². The Hall–Kier alpha value is 0.181. The van der Waals surface area contributed by atoms with Crippen LogP contribution in [0.3, 0.4) is 0 Å². The van der Waals surface area contributed by atoms with E-state index in [9.17, 15) is 0 Å². The molecule has 0 aliphatic carbocycles. The average Bonchev–Trinajstić information content (AvgIpc) is 2.92. The Morgan fingerprint density at radius 2 is 0.933 bits per heavy atom. The molecular weight excluding hydrogens is 256 g/mol. The van der Waals surface area contributed by atoms with Gasteiger partial charge in [-0.15, -0.1) is 0 Å². The summed E-state index contributed by atoms with van der Waals surface area (Å²) in [5, 5.41) is 0. The molecule has 0 unspecified atom stereocenters. The van der Waals surface area contributed by atoms with E-state index in [1.165, 1.54) is 11.1 Å². The van der Waals surface area contributed by atoms with Gasteiger partial charge in [-0.1, -0.05) is 26.7 Å². The monoisotopic (exact) mass is 274 g/mol. The summed E-state index contributed by atoms with van der Waals surface area (Å²) in [5.41, 5.74) is 2.86. The second-order valence-electron chi connectivity index (χ2n) is 3.29. The van der Waals surface area contributed by atoms with Crippen LogP contribution in [0.4, 0.5) is 0 Å². The van der Waals surface area contributed by atoms with Gasteiger partial charge >= 0.3 is 45.5 Å². The minimum Gasteiger partial charge on any atom is -0.213 e. The molecule has 2 aromatic carbocycles. The van der Waals surface area contributed by atoms with E-state index in [0.29, 0.717) is 0 Å². The first-order chi connectivity index (χ1) is 6.86. The Kier molecular flexibility index (Phi) is 9.52. The molecule has 1 heteroatoms. The van der Waals surface area contributed by atoms with E-state index >= 15 is 0 Å². The molecule has 0 bridgehead atoms. The van der Waals surface area contributed by atoms with Crippen LogP contribution < -0.4 is 0 Å². The maximum atomic E-state index is 2.16. The van der Waals surface area contributed by atoms with Crippen molar-refractivity contribution in [3.8, 4) is 0 Å². The maximum absolute atomic E-state index is 2.16. The normalized spacial score (nSPS) is 8.67. The van der Waals surface area contributed by atoms with E-state index < -0.39 is 0 Å². The van der Waals surface area contributed by atoms with Crippen molar-refractivity contribution < 1.29 is 0 Å². The van der Waals surface area contributed by atoms with Crippen molar-refractivity contribution in [3.63, 3.8) is 0 Å². The number of hydrogen-bond donors (Lipinski definition) is 0. The van der Waals surface area contributed by atoms with Crippen molar-refractivity contribution in [3.05, 3.63) is 59.7 Å². The summed E-state index contributed by atoms with van der Waals surface area (Å²) in [7, 11) is 0. The Labute approximate surface area is 130 Å². The van der Waals surface area contributed by atoms with Crippen molar-refractivity contribution in [2.45, 2.75) is 26.7 Å². The third-order valence-corrected chi connectivity index (χ3v) is 2.28. The molecule has 0 aromatic heterocycles. The van der Waals surface area contributed by atoms with Gasteiger partial charge in [0, 0.05) is 0 Å². The number of aryl methyl sites for hydroxylation is 2. The van der Waals surface area contributed by atoms with E-state index in [1.807, 2.05) is 0 Å². The molecule has 15 heavy (non-hydrogen) atoms. The van der Waals surface area contributed by atoms with Gasteiger partial charge in [0.15, 0.2) is 0 Å². The SMILES string of the molecule is CC[c-]1cccc1.CC[c-]1cccc1.[Sr+2]. The van der Waals surface area contributed by atoms with Gasteiger partial charge < -0.3 is 0 Å². The molecule has 0 heterocycles. The van der Waals surface area contributed by atoms with Gasteiger partial charge in [0.25, 0.3) is 0 Å². The molecule has 0 aliphatic rings. The predicted molar refractivity (Wildman–Crippen MR) is 68.6 cm³/mol. The molecule has 0 atom stereocenters. The molecule has 0 saturated carbocycles. The second-order valence-corrected chi connectivity index (χ2v) is 3.29. The maximum Gasteiger partial charge on any atom is 2.00 e. The number of rotatable bonds is 2. The first-order valence-corrected chi connectivity index (χ1v) is 5.28. The first kappa shape index (κ1) is 15.2. The van der Waals surface area contributed by atoms with Crippen LogP contribution in [-0.2, 0) is 12.8 Å². The molecule has 0 spiro atoms. The summed E-state index contributed by atoms with van der Waals surface area (Å²) in [5.74, 6) is 0. The Balaban J connectivity index is 0.000000245. The summed E-state index contributed by atoms with van der Waals surface area (Å²) in [6.45, 7) is 4.32. The van der Waals surface area contributed by atoms with Crippen LogP contribution >= 0.6 is 0 Å².